The predicted octanol–water partition coefficient (Wildman–Crippen LogP) is 4.26. The van der Waals surface area contributed by atoms with Crippen LogP contribution in [0.2, 0.25) is 0 Å². The van der Waals surface area contributed by atoms with Crippen LogP contribution in [-0.4, -0.2) is 19.2 Å². The number of fused-ring (bicyclic) bond motifs is 1. The summed E-state index contributed by atoms with van der Waals surface area (Å²) in [5.74, 6) is 0.895. The van der Waals surface area contributed by atoms with Gasteiger partial charge in [0.15, 0.2) is 0 Å². The lowest BCUT2D eigenvalue weighted by atomic mass is 10.1. The molecule has 0 atom stereocenters. The fraction of sp³-hybridized carbons (Fsp3) is 0.353. The van der Waals surface area contributed by atoms with E-state index < -0.39 is 0 Å². The molecule has 0 saturated heterocycles. The summed E-state index contributed by atoms with van der Waals surface area (Å²) >= 11 is 0. The van der Waals surface area contributed by atoms with Gasteiger partial charge in [-0.3, -0.25) is 0 Å². The molecule has 0 N–H and O–H groups in total. The number of carbonyl (C=O) groups is 1. The molecule has 0 aliphatic rings. The fourth-order valence-corrected chi connectivity index (χ4v) is 2.05. The maximum atomic E-state index is 12.0. The van der Waals surface area contributed by atoms with Crippen molar-refractivity contribution in [3.05, 3.63) is 41.2 Å². The molecule has 1 aromatic heterocycles. The van der Waals surface area contributed by atoms with Gasteiger partial charge in [0.2, 0.25) is 0 Å². The number of hydrogen-bond donors (Lipinski definition) is 0. The molecule has 0 saturated carbocycles. The third-order valence-corrected chi connectivity index (χ3v) is 3.06. The summed E-state index contributed by atoms with van der Waals surface area (Å²) in [6, 6.07) is 5.46. The first-order valence-corrected chi connectivity index (χ1v) is 6.99. The molecule has 21 heavy (non-hydrogen) atoms. The van der Waals surface area contributed by atoms with Crippen LogP contribution < -0.4 is 4.74 Å². The van der Waals surface area contributed by atoms with Crippen molar-refractivity contribution in [3.8, 4) is 5.75 Å². The Bertz CT molecular complexity index is 675. The largest absolute Gasteiger partial charge is 0.490 e. The van der Waals surface area contributed by atoms with Crippen LogP contribution in [0.5, 0.6) is 5.75 Å². The van der Waals surface area contributed by atoms with E-state index in [2.05, 4.69) is 0 Å². The minimum atomic E-state index is -0.366. The molecular weight excluding hydrogens is 268 g/mol. The van der Waals surface area contributed by atoms with Crippen molar-refractivity contribution < 1.29 is 18.7 Å². The zero-order valence-corrected chi connectivity index (χ0v) is 12.9. The van der Waals surface area contributed by atoms with E-state index in [-0.39, 0.29) is 5.97 Å². The van der Waals surface area contributed by atoms with E-state index in [1.807, 2.05) is 38.1 Å². The first-order valence-electron chi connectivity index (χ1n) is 6.99. The Balaban J connectivity index is 2.34. The SMILES string of the molecule is CCOC(=O)c1c(C)oc2ccc(OCC=C(C)C)cc12. The Morgan fingerprint density at radius 3 is 2.76 bits per heavy atom. The van der Waals surface area contributed by atoms with E-state index in [0.717, 1.165) is 5.39 Å². The van der Waals surface area contributed by atoms with E-state index in [9.17, 15) is 4.79 Å². The topological polar surface area (TPSA) is 48.7 Å². The third-order valence-electron chi connectivity index (χ3n) is 3.06. The summed E-state index contributed by atoms with van der Waals surface area (Å²) in [4.78, 5) is 12.0. The molecule has 2 rings (SSSR count). The lowest BCUT2D eigenvalue weighted by Gasteiger charge is -2.04. The van der Waals surface area contributed by atoms with E-state index in [1.165, 1.54) is 5.57 Å². The lowest BCUT2D eigenvalue weighted by Crippen LogP contribution is -2.05. The molecule has 0 fully saturated rings. The van der Waals surface area contributed by atoms with Gasteiger partial charge in [0, 0.05) is 5.39 Å². The van der Waals surface area contributed by atoms with E-state index >= 15 is 0 Å². The number of esters is 1. The Hall–Kier alpha value is -2.23. The molecule has 112 valence electrons. The van der Waals surface area contributed by atoms with Gasteiger partial charge in [0.25, 0.3) is 0 Å². The smallest absolute Gasteiger partial charge is 0.342 e. The summed E-state index contributed by atoms with van der Waals surface area (Å²) in [5.41, 5.74) is 2.33. The van der Waals surface area contributed by atoms with E-state index in [1.54, 1.807) is 13.8 Å². The number of furan rings is 1. The Morgan fingerprint density at radius 1 is 1.33 bits per heavy atom. The molecule has 0 bridgehead atoms. The van der Waals surface area contributed by atoms with Crippen LogP contribution in [0.4, 0.5) is 0 Å². The molecule has 1 aromatic carbocycles. The number of ether oxygens (including phenoxy) is 2. The van der Waals surface area contributed by atoms with Crippen LogP contribution >= 0.6 is 0 Å². The summed E-state index contributed by atoms with van der Waals surface area (Å²) in [7, 11) is 0. The van der Waals surface area contributed by atoms with Gasteiger partial charge in [-0.15, -0.1) is 0 Å². The van der Waals surface area contributed by atoms with Crippen molar-refractivity contribution in [3.63, 3.8) is 0 Å². The first kappa shape index (κ1) is 15.2. The van der Waals surface area contributed by atoms with Crippen molar-refractivity contribution in [2.75, 3.05) is 13.2 Å². The van der Waals surface area contributed by atoms with Crippen LogP contribution in [-0.2, 0) is 4.74 Å². The van der Waals surface area contributed by atoms with Gasteiger partial charge in [0.1, 0.15) is 29.3 Å². The Morgan fingerprint density at radius 2 is 2.10 bits per heavy atom. The standard InChI is InChI=1S/C17H20O4/c1-5-19-17(18)16-12(4)21-15-7-6-13(10-14(15)16)20-9-8-11(2)3/h6-8,10H,5,9H2,1-4H3. The molecule has 2 aromatic rings. The highest BCUT2D eigenvalue weighted by molar-refractivity contribution is 6.04. The van der Waals surface area contributed by atoms with Crippen molar-refractivity contribution >= 4 is 16.9 Å². The molecule has 0 radical (unpaired) electrons. The van der Waals surface area contributed by atoms with Gasteiger partial charge in [-0.05, 0) is 52.0 Å². The van der Waals surface area contributed by atoms with Gasteiger partial charge in [0.05, 0.1) is 6.61 Å². The first-order chi connectivity index (χ1) is 10.0. The number of carbonyl (C=O) groups excluding carboxylic acids is 1. The van der Waals surface area contributed by atoms with Gasteiger partial charge in [-0.2, -0.15) is 0 Å². The summed E-state index contributed by atoms with van der Waals surface area (Å²) < 4.78 is 16.3. The summed E-state index contributed by atoms with van der Waals surface area (Å²) in [5, 5.41) is 0.723. The van der Waals surface area contributed by atoms with Crippen molar-refractivity contribution in [2.45, 2.75) is 27.7 Å². The van der Waals surface area contributed by atoms with Crippen molar-refractivity contribution in [1.29, 1.82) is 0 Å². The molecule has 4 nitrogen and oxygen atoms in total. The second-order valence-electron chi connectivity index (χ2n) is 5.00. The maximum Gasteiger partial charge on any atom is 0.342 e. The third kappa shape index (κ3) is 3.45. The molecule has 0 spiro atoms. The van der Waals surface area contributed by atoms with Crippen LogP contribution in [0.25, 0.3) is 11.0 Å². The number of hydrogen-bond acceptors (Lipinski definition) is 4. The Labute approximate surface area is 124 Å². The van der Waals surface area contributed by atoms with Crippen LogP contribution in [0, 0.1) is 6.92 Å². The number of aryl methyl sites for hydroxylation is 1. The normalized spacial score (nSPS) is 10.5. The molecular formula is C17H20O4. The average molecular weight is 288 g/mol. The molecule has 1 heterocycles. The highest BCUT2D eigenvalue weighted by Gasteiger charge is 2.19. The van der Waals surface area contributed by atoms with Crippen LogP contribution in [0.1, 0.15) is 36.9 Å². The molecule has 4 heteroatoms. The van der Waals surface area contributed by atoms with Crippen molar-refractivity contribution in [1.82, 2.24) is 0 Å². The van der Waals surface area contributed by atoms with E-state index in [0.29, 0.717) is 35.9 Å². The number of allylic oxidation sites excluding steroid dienone is 1. The second-order valence-corrected chi connectivity index (χ2v) is 5.00. The van der Waals surface area contributed by atoms with Crippen molar-refractivity contribution in [2.24, 2.45) is 0 Å². The van der Waals surface area contributed by atoms with Gasteiger partial charge in [-0.25, -0.2) is 4.79 Å². The highest BCUT2D eigenvalue weighted by Crippen LogP contribution is 2.29. The average Bonchev–Trinajstić information content (AvgIpc) is 2.74. The summed E-state index contributed by atoms with van der Waals surface area (Å²) in [6.07, 6.45) is 2.00. The van der Waals surface area contributed by atoms with Gasteiger partial charge >= 0.3 is 5.97 Å². The fourth-order valence-electron chi connectivity index (χ4n) is 2.05. The lowest BCUT2D eigenvalue weighted by molar-refractivity contribution is 0.0526. The zero-order valence-electron chi connectivity index (χ0n) is 12.9. The quantitative estimate of drug-likeness (QED) is 0.609. The monoisotopic (exact) mass is 288 g/mol. The minimum absolute atomic E-state index is 0.335. The maximum absolute atomic E-state index is 12.0. The van der Waals surface area contributed by atoms with Gasteiger partial charge < -0.3 is 13.9 Å². The highest BCUT2D eigenvalue weighted by atomic mass is 16.5. The predicted molar refractivity (Wildman–Crippen MR) is 81.8 cm³/mol. The molecule has 0 unspecified atom stereocenters. The van der Waals surface area contributed by atoms with E-state index in [4.69, 9.17) is 13.9 Å². The van der Waals surface area contributed by atoms with Crippen LogP contribution in [0.15, 0.2) is 34.3 Å². The molecule has 0 aliphatic carbocycles. The van der Waals surface area contributed by atoms with Crippen LogP contribution in [0.3, 0.4) is 0 Å². The number of rotatable bonds is 5. The summed E-state index contributed by atoms with van der Waals surface area (Å²) in [6.45, 7) is 8.41. The van der Waals surface area contributed by atoms with Gasteiger partial charge in [-0.1, -0.05) is 5.57 Å². The zero-order chi connectivity index (χ0) is 15.4. The second kappa shape index (κ2) is 6.48. The minimum Gasteiger partial charge on any atom is -0.490 e. The Kier molecular flexibility index (Phi) is 4.68. The molecule has 0 amide bonds. The molecule has 0 aliphatic heterocycles. The number of benzene rings is 1.